The van der Waals surface area contributed by atoms with Crippen LogP contribution in [0.1, 0.15) is 85.5 Å². The molecule has 0 saturated heterocycles. The molecule has 0 N–H and O–H groups in total. The van der Waals surface area contributed by atoms with Crippen molar-refractivity contribution < 1.29 is 18.9 Å². The van der Waals surface area contributed by atoms with Crippen molar-refractivity contribution >= 4 is 19.0 Å². The molecule has 0 atom stereocenters. The maximum atomic E-state index is 5.99. The highest BCUT2D eigenvalue weighted by Gasteiger charge is 2.12. The number of ether oxygens (including phenoxy) is 4. The molecule has 0 heterocycles. The monoisotopic (exact) mass is 420 g/mol. The van der Waals surface area contributed by atoms with Gasteiger partial charge in [-0.3, -0.25) is 0 Å². The second kappa shape index (κ2) is 22.6. The van der Waals surface area contributed by atoms with Gasteiger partial charge in [0.25, 0.3) is 0 Å². The van der Waals surface area contributed by atoms with Gasteiger partial charge >= 0.3 is 0 Å². The van der Waals surface area contributed by atoms with E-state index in [1.807, 2.05) is 0 Å². The minimum atomic E-state index is -0.319. The molecule has 4 nitrogen and oxygen atoms in total. The fraction of sp³-hybridized carbons (Fsp3) is 1.00. The van der Waals surface area contributed by atoms with Crippen molar-refractivity contribution in [1.29, 1.82) is 0 Å². The third-order valence-corrected chi connectivity index (χ3v) is 8.29. The third kappa shape index (κ3) is 19.4. The zero-order valence-corrected chi connectivity index (χ0v) is 21.6. The molecule has 0 aliphatic carbocycles. The first-order chi connectivity index (χ1) is 13.3. The van der Waals surface area contributed by atoms with Gasteiger partial charge in [-0.2, -0.15) is 0 Å². The van der Waals surface area contributed by atoms with E-state index in [4.69, 9.17) is 18.9 Å². The van der Waals surface area contributed by atoms with Gasteiger partial charge in [0.15, 0.2) is 0 Å². The maximum absolute atomic E-state index is 5.99. The van der Waals surface area contributed by atoms with Gasteiger partial charge in [-0.1, -0.05) is 71.9 Å². The van der Waals surface area contributed by atoms with Crippen molar-refractivity contribution in [2.24, 2.45) is 0 Å². The van der Waals surface area contributed by atoms with E-state index in [0.717, 1.165) is 52.1 Å². The van der Waals surface area contributed by atoms with E-state index in [2.05, 4.69) is 27.7 Å². The summed E-state index contributed by atoms with van der Waals surface area (Å²) in [5, 5.41) is 0. The molecule has 0 spiro atoms. The van der Waals surface area contributed by atoms with Gasteiger partial charge in [-0.25, -0.2) is 0 Å². The Morgan fingerprint density at radius 1 is 0.481 bits per heavy atom. The van der Waals surface area contributed by atoms with Crippen molar-refractivity contribution in [3.05, 3.63) is 0 Å². The Balaban J connectivity index is 3.97. The molecule has 6 heteroatoms. The topological polar surface area (TPSA) is 36.9 Å². The van der Waals surface area contributed by atoms with E-state index >= 15 is 0 Å². The molecule has 164 valence electrons. The first-order valence-corrected chi connectivity index (χ1v) is 15.4. The van der Waals surface area contributed by atoms with Crippen LogP contribution in [0.25, 0.3) is 0 Å². The summed E-state index contributed by atoms with van der Waals surface area (Å²) in [6, 6.07) is 2.62. The molecule has 0 bridgehead atoms. The van der Waals surface area contributed by atoms with Crippen LogP contribution < -0.4 is 0 Å². The van der Waals surface area contributed by atoms with Gasteiger partial charge in [0.05, 0.1) is 19.0 Å². The summed E-state index contributed by atoms with van der Waals surface area (Å²) in [6.45, 7) is 12.3. The molecule has 0 aliphatic rings. The molecule has 0 radical (unpaired) electrons. The molecule has 0 amide bonds. The zero-order chi connectivity index (χ0) is 20.0. The smallest absolute Gasteiger partial charge is 0.134 e. The lowest BCUT2D eigenvalue weighted by atomic mass is 10.4. The molecule has 0 unspecified atom stereocenters. The average Bonchev–Trinajstić information content (AvgIpc) is 2.67. The summed E-state index contributed by atoms with van der Waals surface area (Å²) in [5.41, 5.74) is 0. The van der Waals surface area contributed by atoms with E-state index in [-0.39, 0.29) is 30.9 Å². The molecular weight excluding hydrogens is 372 g/mol. The number of hydrogen-bond acceptors (Lipinski definition) is 4. The van der Waals surface area contributed by atoms with Crippen LogP contribution in [0.3, 0.4) is 0 Å². The Kier molecular flexibility index (Phi) is 22.8. The van der Waals surface area contributed by atoms with Crippen LogP contribution in [-0.2, 0) is 18.9 Å². The summed E-state index contributed by atoms with van der Waals surface area (Å²) in [6.07, 6.45) is 10.6. The minimum absolute atomic E-state index is 0.127. The van der Waals surface area contributed by atoms with Crippen LogP contribution in [0.5, 0.6) is 0 Å². The molecule has 0 aliphatic heterocycles. The van der Waals surface area contributed by atoms with Gasteiger partial charge in [0.1, 0.15) is 11.8 Å². The van der Waals surface area contributed by atoms with Crippen molar-refractivity contribution in [3.8, 4) is 0 Å². The van der Waals surface area contributed by atoms with E-state index < -0.39 is 0 Å². The fourth-order valence-corrected chi connectivity index (χ4v) is 6.66. The third-order valence-electron chi connectivity index (χ3n) is 4.59. The predicted molar refractivity (Wildman–Crippen MR) is 122 cm³/mol. The number of hydrogen-bond donors (Lipinski definition) is 0. The molecule has 0 rings (SSSR count). The molecule has 0 aromatic carbocycles. The first-order valence-electron chi connectivity index (χ1n) is 11.7. The summed E-state index contributed by atoms with van der Waals surface area (Å²) < 4.78 is 24.0. The Hall–Kier alpha value is 0.274. The standard InChI is InChI=1S/C21H48O4Si2/c1-5-9-14-22-20(23-15-10-6-2)26-18-13-19-27-21(24-16-11-7-3)25-17-12-8-4/h20-21H,5-19,26-27H2,1-4H3. The van der Waals surface area contributed by atoms with Crippen molar-refractivity contribution in [2.45, 2.75) is 109 Å². The van der Waals surface area contributed by atoms with E-state index in [0.29, 0.717) is 0 Å². The summed E-state index contributed by atoms with van der Waals surface area (Å²) >= 11 is 0. The number of unbranched alkanes of at least 4 members (excludes halogenated alkanes) is 4. The lowest BCUT2D eigenvalue weighted by Gasteiger charge is -2.20. The first kappa shape index (κ1) is 27.3. The summed E-state index contributed by atoms with van der Waals surface area (Å²) in [5.74, 6) is 0.254. The van der Waals surface area contributed by atoms with Crippen LogP contribution in [0, 0.1) is 0 Å². The van der Waals surface area contributed by atoms with Gasteiger partial charge in [0, 0.05) is 26.4 Å². The Morgan fingerprint density at radius 3 is 1.04 bits per heavy atom. The molecule has 27 heavy (non-hydrogen) atoms. The van der Waals surface area contributed by atoms with Gasteiger partial charge < -0.3 is 18.9 Å². The highest BCUT2D eigenvalue weighted by atomic mass is 28.2. The van der Waals surface area contributed by atoms with Gasteiger partial charge in [-0.05, 0) is 25.7 Å². The summed E-state index contributed by atoms with van der Waals surface area (Å²) in [4.78, 5) is 0. The lowest BCUT2D eigenvalue weighted by molar-refractivity contribution is -0.0923. The highest BCUT2D eigenvalue weighted by Crippen LogP contribution is 2.07. The van der Waals surface area contributed by atoms with Crippen molar-refractivity contribution in [2.75, 3.05) is 26.4 Å². The second-order valence-corrected chi connectivity index (χ2v) is 11.3. The molecular formula is C21H48O4Si2. The normalized spacial score (nSPS) is 12.7. The summed E-state index contributed by atoms with van der Waals surface area (Å²) in [7, 11) is -0.637. The zero-order valence-electron chi connectivity index (χ0n) is 18.8. The second-order valence-electron chi connectivity index (χ2n) is 7.39. The average molecular weight is 421 g/mol. The van der Waals surface area contributed by atoms with Crippen LogP contribution in [0.4, 0.5) is 0 Å². The van der Waals surface area contributed by atoms with Crippen LogP contribution in [-0.4, -0.2) is 57.3 Å². The Labute approximate surface area is 174 Å². The molecule has 0 aromatic rings. The van der Waals surface area contributed by atoms with Crippen molar-refractivity contribution in [3.63, 3.8) is 0 Å². The van der Waals surface area contributed by atoms with Crippen LogP contribution >= 0.6 is 0 Å². The largest absolute Gasteiger partial charge is 0.357 e. The van der Waals surface area contributed by atoms with E-state index in [1.165, 1.54) is 44.2 Å². The number of rotatable bonds is 22. The van der Waals surface area contributed by atoms with Crippen molar-refractivity contribution in [1.82, 2.24) is 0 Å². The van der Waals surface area contributed by atoms with Crippen LogP contribution in [0.2, 0.25) is 12.1 Å². The van der Waals surface area contributed by atoms with Crippen LogP contribution in [0.15, 0.2) is 0 Å². The molecule has 0 saturated carbocycles. The fourth-order valence-electron chi connectivity index (χ4n) is 2.66. The van der Waals surface area contributed by atoms with E-state index in [1.54, 1.807) is 0 Å². The maximum Gasteiger partial charge on any atom is 0.134 e. The quantitative estimate of drug-likeness (QED) is 0.148. The molecule has 0 fully saturated rings. The van der Waals surface area contributed by atoms with E-state index in [9.17, 15) is 0 Å². The Morgan fingerprint density at radius 2 is 0.778 bits per heavy atom. The Bertz CT molecular complexity index is 237. The SMILES string of the molecule is CCCCOC(OCCCC)[SiH2]CCC[SiH2]C(OCCCC)OCCCC. The van der Waals surface area contributed by atoms with Gasteiger partial charge in [-0.15, -0.1) is 0 Å². The minimum Gasteiger partial charge on any atom is -0.357 e. The predicted octanol–water partition coefficient (Wildman–Crippen LogP) is 4.38. The highest BCUT2D eigenvalue weighted by molar-refractivity contribution is 6.38. The van der Waals surface area contributed by atoms with Gasteiger partial charge in [0.2, 0.25) is 0 Å². The molecule has 0 aromatic heterocycles. The lowest BCUT2D eigenvalue weighted by Crippen LogP contribution is -2.27.